The summed E-state index contributed by atoms with van der Waals surface area (Å²) in [6.45, 7) is 5.44. The molecule has 3 aromatic rings. The van der Waals surface area contributed by atoms with Gasteiger partial charge < -0.3 is 9.30 Å². The van der Waals surface area contributed by atoms with Crippen molar-refractivity contribution in [2.24, 2.45) is 0 Å². The Labute approximate surface area is 194 Å². The van der Waals surface area contributed by atoms with Crippen LogP contribution in [0.25, 0.3) is 17.0 Å². The highest BCUT2D eigenvalue weighted by molar-refractivity contribution is 9.10. The molecule has 4 rings (SSSR count). The van der Waals surface area contributed by atoms with Gasteiger partial charge in [0.25, 0.3) is 5.91 Å². The highest BCUT2D eigenvalue weighted by Gasteiger charge is 2.29. The number of rotatable bonds is 5. The van der Waals surface area contributed by atoms with Gasteiger partial charge >= 0.3 is 0 Å². The SMILES string of the molecule is Cc1ccc(OCCn2cc(/C=C3\SC(=S)N(C)C3=O)c3cc(Br)ccc32)cc1C. The Bertz CT molecular complexity index is 1200. The summed E-state index contributed by atoms with van der Waals surface area (Å²) in [5.74, 6) is 0.822. The number of aryl methyl sites for hydroxylation is 2. The maximum absolute atomic E-state index is 12.4. The number of aromatic nitrogens is 1. The Kier molecular flexibility index (Phi) is 6.04. The topological polar surface area (TPSA) is 34.5 Å². The summed E-state index contributed by atoms with van der Waals surface area (Å²) >= 11 is 10.2. The van der Waals surface area contributed by atoms with E-state index in [0.29, 0.717) is 22.4 Å². The number of thioether (sulfide) groups is 1. The predicted octanol–water partition coefficient (Wildman–Crippen LogP) is 5.93. The molecule has 30 heavy (non-hydrogen) atoms. The standard InChI is InChI=1S/C23H21BrN2O2S2/c1-14-4-6-18(10-15(14)2)28-9-8-26-13-16(19-12-17(24)5-7-20(19)26)11-21-22(27)25(3)23(29)30-21/h4-7,10-13H,8-9H2,1-3H3/b21-11-. The van der Waals surface area contributed by atoms with E-state index >= 15 is 0 Å². The van der Waals surface area contributed by atoms with Crippen LogP contribution in [0.4, 0.5) is 0 Å². The van der Waals surface area contributed by atoms with Gasteiger partial charge in [-0.25, -0.2) is 0 Å². The van der Waals surface area contributed by atoms with Crippen molar-refractivity contribution in [2.75, 3.05) is 13.7 Å². The predicted molar refractivity (Wildman–Crippen MR) is 132 cm³/mol. The summed E-state index contributed by atoms with van der Waals surface area (Å²) in [5.41, 5.74) is 4.57. The minimum absolute atomic E-state index is 0.0565. The van der Waals surface area contributed by atoms with E-state index in [1.54, 1.807) is 7.05 Å². The molecule has 0 radical (unpaired) electrons. The molecule has 1 fully saturated rings. The van der Waals surface area contributed by atoms with Crippen LogP contribution in [-0.4, -0.2) is 33.3 Å². The smallest absolute Gasteiger partial charge is 0.265 e. The number of ether oxygens (including phenoxy) is 1. The molecule has 0 aliphatic carbocycles. The van der Waals surface area contributed by atoms with Crippen molar-refractivity contribution in [3.05, 3.63) is 68.7 Å². The van der Waals surface area contributed by atoms with Gasteiger partial charge in [-0.15, -0.1) is 0 Å². The van der Waals surface area contributed by atoms with Gasteiger partial charge in [0, 0.05) is 34.2 Å². The lowest BCUT2D eigenvalue weighted by atomic mass is 10.1. The van der Waals surface area contributed by atoms with E-state index in [2.05, 4.69) is 64.8 Å². The van der Waals surface area contributed by atoms with Crippen molar-refractivity contribution in [1.29, 1.82) is 0 Å². The van der Waals surface area contributed by atoms with Crippen molar-refractivity contribution < 1.29 is 9.53 Å². The number of halogens is 1. The first-order chi connectivity index (χ1) is 14.3. The molecule has 0 spiro atoms. The molecular formula is C23H21BrN2O2S2. The lowest BCUT2D eigenvalue weighted by Crippen LogP contribution is -2.22. The van der Waals surface area contributed by atoms with E-state index < -0.39 is 0 Å². The first kappa shape index (κ1) is 21.2. The zero-order valence-corrected chi connectivity index (χ0v) is 20.2. The first-order valence-electron chi connectivity index (χ1n) is 9.53. The van der Waals surface area contributed by atoms with Crippen molar-refractivity contribution in [3.63, 3.8) is 0 Å². The number of fused-ring (bicyclic) bond motifs is 1. The van der Waals surface area contributed by atoms with Crippen LogP contribution in [0.3, 0.4) is 0 Å². The molecule has 1 aliphatic heterocycles. The number of amides is 1. The lowest BCUT2D eigenvalue weighted by molar-refractivity contribution is -0.121. The zero-order chi connectivity index (χ0) is 21.4. The fourth-order valence-electron chi connectivity index (χ4n) is 3.35. The fraction of sp³-hybridized carbons (Fsp3) is 0.217. The second-order valence-corrected chi connectivity index (χ2v) is 9.87. The Morgan fingerprint density at radius 3 is 2.67 bits per heavy atom. The summed E-state index contributed by atoms with van der Waals surface area (Å²) in [7, 11) is 1.71. The van der Waals surface area contributed by atoms with Gasteiger partial charge in [-0.1, -0.05) is 46.0 Å². The Hall–Kier alpha value is -2.09. The highest BCUT2D eigenvalue weighted by atomic mass is 79.9. The molecule has 0 atom stereocenters. The molecule has 0 unspecified atom stereocenters. The quantitative estimate of drug-likeness (QED) is 0.321. The maximum Gasteiger partial charge on any atom is 0.265 e. The minimum Gasteiger partial charge on any atom is -0.492 e. The monoisotopic (exact) mass is 500 g/mol. The normalized spacial score (nSPS) is 15.6. The molecule has 0 bridgehead atoms. The molecule has 0 saturated carbocycles. The molecule has 0 N–H and O–H groups in total. The largest absolute Gasteiger partial charge is 0.492 e. The number of benzene rings is 2. The van der Waals surface area contributed by atoms with Crippen molar-refractivity contribution >= 4 is 67.1 Å². The van der Waals surface area contributed by atoms with E-state index in [-0.39, 0.29) is 5.91 Å². The third kappa shape index (κ3) is 4.19. The number of carbonyl (C=O) groups is 1. The molecule has 1 aromatic heterocycles. The average Bonchev–Trinajstić information content (AvgIpc) is 3.16. The Morgan fingerprint density at radius 1 is 1.17 bits per heavy atom. The van der Waals surface area contributed by atoms with Gasteiger partial charge in [-0.2, -0.15) is 0 Å². The lowest BCUT2D eigenvalue weighted by Gasteiger charge is -2.10. The molecule has 2 aromatic carbocycles. The highest BCUT2D eigenvalue weighted by Crippen LogP contribution is 2.34. The number of nitrogens with zero attached hydrogens (tertiary/aromatic N) is 2. The van der Waals surface area contributed by atoms with Crippen molar-refractivity contribution in [2.45, 2.75) is 20.4 Å². The Balaban J connectivity index is 1.60. The molecule has 7 heteroatoms. The van der Waals surface area contributed by atoms with E-state index in [0.717, 1.165) is 26.7 Å². The van der Waals surface area contributed by atoms with E-state index in [1.807, 2.05) is 18.2 Å². The van der Waals surface area contributed by atoms with Crippen LogP contribution >= 0.6 is 39.9 Å². The minimum atomic E-state index is -0.0565. The van der Waals surface area contributed by atoms with E-state index in [4.69, 9.17) is 17.0 Å². The summed E-state index contributed by atoms with van der Waals surface area (Å²) < 4.78 is 9.73. The van der Waals surface area contributed by atoms with Gasteiger partial charge in [0.05, 0.1) is 11.4 Å². The van der Waals surface area contributed by atoms with Gasteiger partial charge in [0.2, 0.25) is 0 Å². The van der Waals surface area contributed by atoms with Gasteiger partial charge in [-0.3, -0.25) is 9.69 Å². The third-order valence-corrected chi connectivity index (χ3v) is 7.20. The zero-order valence-electron chi connectivity index (χ0n) is 16.9. The van der Waals surface area contributed by atoms with Gasteiger partial charge in [-0.05, 0) is 61.4 Å². The van der Waals surface area contributed by atoms with E-state index in [1.165, 1.54) is 27.8 Å². The van der Waals surface area contributed by atoms with E-state index in [9.17, 15) is 4.79 Å². The molecule has 1 aliphatic rings. The van der Waals surface area contributed by atoms with Crippen molar-refractivity contribution in [3.8, 4) is 5.75 Å². The van der Waals surface area contributed by atoms with Crippen LogP contribution in [0.5, 0.6) is 5.75 Å². The van der Waals surface area contributed by atoms with Crippen LogP contribution < -0.4 is 4.74 Å². The molecule has 2 heterocycles. The average molecular weight is 501 g/mol. The molecule has 1 saturated heterocycles. The number of hydrogen-bond acceptors (Lipinski definition) is 4. The fourth-order valence-corrected chi connectivity index (χ4v) is 4.88. The van der Waals surface area contributed by atoms with Crippen LogP contribution in [0.15, 0.2) is 52.0 Å². The second-order valence-electron chi connectivity index (χ2n) is 7.27. The molecule has 4 nitrogen and oxygen atoms in total. The summed E-state index contributed by atoms with van der Waals surface area (Å²) in [6, 6.07) is 12.3. The van der Waals surface area contributed by atoms with Crippen LogP contribution in [0.1, 0.15) is 16.7 Å². The van der Waals surface area contributed by atoms with Crippen molar-refractivity contribution in [1.82, 2.24) is 9.47 Å². The molecule has 1 amide bonds. The van der Waals surface area contributed by atoms with Crippen LogP contribution in [-0.2, 0) is 11.3 Å². The number of carbonyl (C=O) groups excluding carboxylic acids is 1. The summed E-state index contributed by atoms with van der Waals surface area (Å²) in [6.07, 6.45) is 4.00. The number of likely N-dealkylation sites (N-methyl/N-ethyl adjacent to an activating group) is 1. The third-order valence-electron chi connectivity index (χ3n) is 5.23. The van der Waals surface area contributed by atoms with Gasteiger partial charge in [0.15, 0.2) is 0 Å². The first-order valence-corrected chi connectivity index (χ1v) is 11.6. The number of thiocarbonyl (C=S) groups is 1. The Morgan fingerprint density at radius 2 is 1.97 bits per heavy atom. The van der Waals surface area contributed by atoms with Crippen LogP contribution in [0.2, 0.25) is 0 Å². The maximum atomic E-state index is 12.4. The summed E-state index contributed by atoms with van der Waals surface area (Å²) in [4.78, 5) is 14.6. The second kappa shape index (κ2) is 8.57. The van der Waals surface area contributed by atoms with Gasteiger partial charge in [0.1, 0.15) is 16.7 Å². The summed E-state index contributed by atoms with van der Waals surface area (Å²) in [5, 5.41) is 1.08. The molecule has 154 valence electrons. The molecular weight excluding hydrogens is 480 g/mol. The number of hydrogen-bond donors (Lipinski definition) is 0. The van der Waals surface area contributed by atoms with Crippen LogP contribution in [0, 0.1) is 13.8 Å².